The fraction of sp³-hybridized carbons (Fsp3) is 0.588. The van der Waals surface area contributed by atoms with E-state index in [1.165, 1.54) is 6.07 Å². The lowest BCUT2D eigenvalue weighted by atomic mass is 9.96. The highest BCUT2D eigenvalue weighted by molar-refractivity contribution is 7.89. The highest BCUT2D eigenvalue weighted by atomic mass is 32.2. The molecule has 2 saturated heterocycles. The molecule has 2 aliphatic rings. The van der Waals surface area contributed by atoms with Crippen molar-refractivity contribution < 1.29 is 21.6 Å². The van der Waals surface area contributed by atoms with Gasteiger partial charge in [-0.1, -0.05) is 0 Å². The van der Waals surface area contributed by atoms with E-state index in [0.717, 1.165) is 18.9 Å². The normalized spacial score (nSPS) is 26.0. The standard InChI is InChI=1S/C17H20F3N3O2S/c1-2-26(24,25)22-12-7-13-5-6-14(8-12)23(13)15-4-3-11(10-21)16(9-15)17(18,19)20/h3-4,9,12-14,22H,2,5-8H2,1H3/t13-,14-/m0/s1. The van der Waals surface area contributed by atoms with Crippen molar-refractivity contribution in [1.29, 1.82) is 5.26 Å². The monoisotopic (exact) mass is 387 g/mol. The molecular formula is C17H20F3N3O2S. The average Bonchev–Trinajstić information content (AvgIpc) is 2.84. The van der Waals surface area contributed by atoms with Crippen molar-refractivity contribution in [1.82, 2.24) is 4.72 Å². The summed E-state index contributed by atoms with van der Waals surface area (Å²) >= 11 is 0. The zero-order valence-corrected chi connectivity index (χ0v) is 15.1. The van der Waals surface area contributed by atoms with Crippen molar-refractivity contribution in [3.63, 3.8) is 0 Å². The number of hydrogen-bond donors (Lipinski definition) is 1. The van der Waals surface area contributed by atoms with Crippen molar-refractivity contribution in [2.24, 2.45) is 0 Å². The Morgan fingerprint density at radius 2 is 1.88 bits per heavy atom. The van der Waals surface area contributed by atoms with Gasteiger partial charge in [-0.05, 0) is 50.8 Å². The van der Waals surface area contributed by atoms with Crippen LogP contribution in [0.15, 0.2) is 18.2 Å². The maximum absolute atomic E-state index is 13.2. The number of sulfonamides is 1. The van der Waals surface area contributed by atoms with Gasteiger partial charge in [0.25, 0.3) is 0 Å². The second-order valence-corrected chi connectivity index (χ2v) is 8.86. The molecule has 1 aromatic carbocycles. The van der Waals surface area contributed by atoms with E-state index >= 15 is 0 Å². The molecule has 2 atom stereocenters. The van der Waals surface area contributed by atoms with Crippen LogP contribution in [0, 0.1) is 11.3 Å². The summed E-state index contributed by atoms with van der Waals surface area (Å²) in [6.45, 7) is 1.57. The van der Waals surface area contributed by atoms with Crippen LogP contribution in [0.5, 0.6) is 0 Å². The van der Waals surface area contributed by atoms with Crippen LogP contribution >= 0.6 is 0 Å². The minimum absolute atomic E-state index is 0.00706. The molecule has 142 valence electrons. The predicted molar refractivity (Wildman–Crippen MR) is 91.1 cm³/mol. The van der Waals surface area contributed by atoms with Crippen molar-refractivity contribution in [2.75, 3.05) is 10.7 Å². The minimum Gasteiger partial charge on any atom is -0.365 e. The molecule has 0 amide bonds. The Balaban J connectivity index is 1.85. The number of piperidine rings is 1. The first kappa shape index (κ1) is 19.0. The molecule has 2 heterocycles. The third-order valence-corrected chi connectivity index (χ3v) is 6.64. The van der Waals surface area contributed by atoms with Crippen molar-refractivity contribution in [3.8, 4) is 6.07 Å². The number of benzene rings is 1. The Labute approximate surface area is 150 Å². The molecule has 2 fully saturated rings. The third-order valence-electron chi connectivity index (χ3n) is 5.19. The topological polar surface area (TPSA) is 73.2 Å². The molecule has 0 saturated carbocycles. The van der Waals surface area contributed by atoms with E-state index in [1.807, 2.05) is 4.90 Å². The number of nitrogens with one attached hydrogen (secondary N) is 1. The van der Waals surface area contributed by atoms with Gasteiger partial charge < -0.3 is 4.90 Å². The average molecular weight is 387 g/mol. The van der Waals surface area contributed by atoms with Crippen LogP contribution in [0.3, 0.4) is 0 Å². The van der Waals surface area contributed by atoms with E-state index in [4.69, 9.17) is 5.26 Å². The molecule has 5 nitrogen and oxygen atoms in total. The van der Waals surface area contributed by atoms with Gasteiger partial charge in [-0.15, -0.1) is 0 Å². The molecule has 26 heavy (non-hydrogen) atoms. The molecule has 1 aromatic rings. The van der Waals surface area contributed by atoms with Gasteiger partial charge in [-0.3, -0.25) is 0 Å². The van der Waals surface area contributed by atoms with Gasteiger partial charge in [0.1, 0.15) is 0 Å². The molecule has 0 unspecified atom stereocenters. The van der Waals surface area contributed by atoms with Crippen LogP contribution in [-0.2, 0) is 16.2 Å². The molecule has 0 aromatic heterocycles. The summed E-state index contributed by atoms with van der Waals surface area (Å²) in [6.07, 6.45) is -1.82. The molecule has 0 spiro atoms. The number of halogens is 3. The van der Waals surface area contributed by atoms with Crippen LogP contribution in [-0.4, -0.2) is 32.3 Å². The summed E-state index contributed by atoms with van der Waals surface area (Å²) in [6, 6.07) is 5.20. The molecule has 9 heteroatoms. The van der Waals surface area contributed by atoms with E-state index in [9.17, 15) is 21.6 Å². The summed E-state index contributed by atoms with van der Waals surface area (Å²) in [5.74, 6) is 0.00706. The number of nitrogens with zero attached hydrogens (tertiary/aromatic N) is 2. The number of fused-ring (bicyclic) bond motifs is 2. The fourth-order valence-corrected chi connectivity index (χ4v) is 4.92. The van der Waals surface area contributed by atoms with Crippen LogP contribution in [0.2, 0.25) is 0 Å². The van der Waals surface area contributed by atoms with Crippen LogP contribution in [0.4, 0.5) is 18.9 Å². The molecule has 3 rings (SSSR count). The lowest BCUT2D eigenvalue weighted by molar-refractivity contribution is -0.137. The zero-order valence-electron chi connectivity index (χ0n) is 14.3. The number of anilines is 1. The number of nitriles is 1. The lowest BCUT2D eigenvalue weighted by Gasteiger charge is -2.41. The van der Waals surface area contributed by atoms with Crippen LogP contribution in [0.1, 0.15) is 43.7 Å². The highest BCUT2D eigenvalue weighted by Crippen LogP contribution is 2.42. The Hall–Kier alpha value is -1.79. The maximum atomic E-state index is 13.2. The van der Waals surface area contributed by atoms with E-state index in [-0.39, 0.29) is 29.4 Å². The van der Waals surface area contributed by atoms with Gasteiger partial charge in [-0.25, -0.2) is 13.1 Å². The molecular weight excluding hydrogens is 367 g/mol. The number of rotatable bonds is 4. The second kappa shape index (κ2) is 6.74. The van der Waals surface area contributed by atoms with Gasteiger partial charge in [0.15, 0.2) is 0 Å². The quantitative estimate of drug-likeness (QED) is 0.862. The Morgan fingerprint density at radius 1 is 1.27 bits per heavy atom. The predicted octanol–water partition coefficient (Wildman–Crippen LogP) is 3.02. The first-order chi connectivity index (χ1) is 12.1. The van der Waals surface area contributed by atoms with Gasteiger partial charge in [0.2, 0.25) is 10.0 Å². The largest absolute Gasteiger partial charge is 0.417 e. The van der Waals surface area contributed by atoms with Gasteiger partial charge in [0, 0.05) is 23.8 Å². The van der Waals surface area contributed by atoms with Crippen LogP contribution < -0.4 is 9.62 Å². The number of hydrogen-bond acceptors (Lipinski definition) is 4. The van der Waals surface area contributed by atoms with E-state index < -0.39 is 21.8 Å². The van der Waals surface area contributed by atoms with Crippen molar-refractivity contribution in [3.05, 3.63) is 29.3 Å². The van der Waals surface area contributed by atoms with Gasteiger partial charge >= 0.3 is 6.18 Å². The van der Waals surface area contributed by atoms with Crippen molar-refractivity contribution >= 4 is 15.7 Å². The van der Waals surface area contributed by atoms with E-state index in [0.29, 0.717) is 18.5 Å². The first-order valence-electron chi connectivity index (χ1n) is 8.54. The molecule has 0 radical (unpaired) electrons. The molecule has 0 aliphatic carbocycles. The SMILES string of the molecule is CCS(=O)(=O)NC1C[C@@H]2CC[C@@H](C1)N2c1ccc(C#N)c(C(F)(F)F)c1. The summed E-state index contributed by atoms with van der Waals surface area (Å²) in [7, 11) is -3.31. The van der Waals surface area contributed by atoms with Gasteiger partial charge in [0.05, 0.1) is 22.9 Å². The van der Waals surface area contributed by atoms with Gasteiger partial charge in [-0.2, -0.15) is 18.4 Å². The third kappa shape index (κ3) is 3.67. The number of alkyl halides is 3. The molecule has 1 N–H and O–H groups in total. The Morgan fingerprint density at radius 3 is 2.38 bits per heavy atom. The van der Waals surface area contributed by atoms with Crippen LogP contribution in [0.25, 0.3) is 0 Å². The summed E-state index contributed by atoms with van der Waals surface area (Å²) in [5, 5.41) is 8.94. The minimum atomic E-state index is -4.59. The fourth-order valence-electron chi connectivity index (χ4n) is 4.06. The summed E-state index contributed by atoms with van der Waals surface area (Å²) in [4.78, 5) is 1.97. The maximum Gasteiger partial charge on any atom is 0.417 e. The van der Waals surface area contributed by atoms with E-state index in [2.05, 4.69) is 4.72 Å². The molecule has 2 aliphatic heterocycles. The molecule has 2 bridgehead atoms. The summed E-state index contributed by atoms with van der Waals surface area (Å²) < 4.78 is 66.0. The smallest absolute Gasteiger partial charge is 0.365 e. The Bertz CT molecular complexity index is 819. The zero-order chi connectivity index (χ0) is 19.1. The highest BCUT2D eigenvalue weighted by Gasteiger charge is 2.42. The second-order valence-electron chi connectivity index (χ2n) is 6.82. The lowest BCUT2D eigenvalue weighted by Crippen LogP contribution is -2.50. The van der Waals surface area contributed by atoms with E-state index in [1.54, 1.807) is 19.1 Å². The summed E-state index contributed by atoms with van der Waals surface area (Å²) in [5.41, 5.74) is -0.870. The first-order valence-corrected chi connectivity index (χ1v) is 10.2. The Kier molecular flexibility index (Phi) is 4.92. The van der Waals surface area contributed by atoms with Crippen molar-refractivity contribution in [2.45, 2.75) is 56.9 Å².